The molecule has 0 aliphatic heterocycles. The number of rotatable bonds is 10. The van der Waals surface area contributed by atoms with Crippen LogP contribution < -0.4 is 15.4 Å². The molecule has 0 atom stereocenters. The summed E-state index contributed by atoms with van der Waals surface area (Å²) >= 11 is 15.5. The van der Waals surface area contributed by atoms with Crippen molar-refractivity contribution in [3.8, 4) is 5.75 Å². The normalized spacial score (nSPS) is 10.7. The van der Waals surface area contributed by atoms with E-state index in [1.165, 1.54) is 12.1 Å². The standard InChI is InChI=1S/C22H20BrCl2N3O3/c23-19-11-16(3-8-22(19)31-14-15-1-4-17(24)5-2-15)13-26-9-10-27-21-7-6-18(28(29)30)12-20(21)25/h1-8,11-12,26-27H,9-10,13-14H2. The van der Waals surface area contributed by atoms with Gasteiger partial charge in [-0.1, -0.05) is 41.4 Å². The Bertz CT molecular complexity index is 1050. The predicted octanol–water partition coefficient (Wildman–Crippen LogP) is 6.44. The molecule has 0 unspecified atom stereocenters. The highest BCUT2D eigenvalue weighted by atomic mass is 79.9. The Morgan fingerprint density at radius 3 is 2.39 bits per heavy atom. The van der Waals surface area contributed by atoms with Gasteiger partial charge in [0.05, 0.1) is 20.1 Å². The third-order valence-electron chi connectivity index (χ3n) is 4.41. The quantitative estimate of drug-likeness (QED) is 0.181. The summed E-state index contributed by atoms with van der Waals surface area (Å²) in [6, 6.07) is 17.9. The lowest BCUT2D eigenvalue weighted by molar-refractivity contribution is -0.384. The van der Waals surface area contributed by atoms with Gasteiger partial charge in [0.25, 0.3) is 5.69 Å². The van der Waals surface area contributed by atoms with E-state index in [2.05, 4.69) is 26.6 Å². The fraction of sp³-hybridized carbons (Fsp3) is 0.182. The third kappa shape index (κ3) is 7.11. The molecule has 0 aromatic heterocycles. The summed E-state index contributed by atoms with van der Waals surface area (Å²) in [6.45, 7) is 2.47. The number of non-ortho nitro benzene ring substituents is 1. The van der Waals surface area contributed by atoms with Crippen molar-refractivity contribution in [2.75, 3.05) is 18.4 Å². The smallest absolute Gasteiger partial charge is 0.271 e. The minimum atomic E-state index is -0.469. The Morgan fingerprint density at radius 2 is 1.71 bits per heavy atom. The van der Waals surface area contributed by atoms with Crippen molar-refractivity contribution < 1.29 is 9.66 Å². The van der Waals surface area contributed by atoms with E-state index >= 15 is 0 Å². The topological polar surface area (TPSA) is 76.4 Å². The van der Waals surface area contributed by atoms with Gasteiger partial charge in [-0.2, -0.15) is 0 Å². The summed E-state index contributed by atoms with van der Waals surface area (Å²) in [7, 11) is 0. The van der Waals surface area contributed by atoms with Gasteiger partial charge in [-0.05, 0) is 57.4 Å². The van der Waals surface area contributed by atoms with E-state index in [0.29, 0.717) is 42.0 Å². The molecule has 0 heterocycles. The summed E-state index contributed by atoms with van der Waals surface area (Å²) in [5.74, 6) is 0.771. The fourth-order valence-electron chi connectivity index (χ4n) is 2.79. The van der Waals surface area contributed by atoms with Crippen molar-refractivity contribution >= 4 is 50.5 Å². The molecular weight excluding hydrogens is 505 g/mol. The lowest BCUT2D eigenvalue weighted by Gasteiger charge is -2.12. The van der Waals surface area contributed by atoms with Gasteiger partial charge in [0, 0.05) is 36.8 Å². The van der Waals surface area contributed by atoms with E-state index < -0.39 is 4.92 Å². The Balaban J connectivity index is 1.42. The molecule has 0 fully saturated rings. The molecular formula is C22H20BrCl2N3O3. The van der Waals surface area contributed by atoms with E-state index in [0.717, 1.165) is 21.3 Å². The maximum Gasteiger partial charge on any atom is 0.271 e. The summed E-state index contributed by atoms with van der Waals surface area (Å²) in [6.07, 6.45) is 0. The molecule has 0 bridgehead atoms. The number of hydrogen-bond acceptors (Lipinski definition) is 5. The Labute approximate surface area is 198 Å². The van der Waals surface area contributed by atoms with Crippen molar-refractivity contribution in [2.45, 2.75) is 13.2 Å². The van der Waals surface area contributed by atoms with Gasteiger partial charge < -0.3 is 15.4 Å². The molecule has 31 heavy (non-hydrogen) atoms. The summed E-state index contributed by atoms with van der Waals surface area (Å²) in [5, 5.41) is 18.3. The predicted molar refractivity (Wildman–Crippen MR) is 128 cm³/mol. The van der Waals surface area contributed by atoms with Crippen molar-refractivity contribution in [1.29, 1.82) is 0 Å². The Kier molecular flexibility index (Phi) is 8.54. The number of anilines is 1. The molecule has 0 aliphatic rings. The van der Waals surface area contributed by atoms with Crippen LogP contribution in [-0.4, -0.2) is 18.0 Å². The van der Waals surface area contributed by atoms with Crippen LogP contribution in [0.4, 0.5) is 11.4 Å². The van der Waals surface area contributed by atoms with Gasteiger partial charge in [0.2, 0.25) is 0 Å². The van der Waals surface area contributed by atoms with Crippen LogP contribution in [0, 0.1) is 10.1 Å². The minimum Gasteiger partial charge on any atom is -0.488 e. The van der Waals surface area contributed by atoms with Crippen LogP contribution in [0.3, 0.4) is 0 Å². The number of ether oxygens (including phenoxy) is 1. The van der Waals surface area contributed by atoms with Crippen molar-refractivity contribution in [3.05, 3.63) is 96.4 Å². The highest BCUT2D eigenvalue weighted by molar-refractivity contribution is 9.10. The van der Waals surface area contributed by atoms with Crippen molar-refractivity contribution in [2.24, 2.45) is 0 Å². The molecule has 0 amide bonds. The van der Waals surface area contributed by atoms with Crippen LogP contribution in [0.15, 0.2) is 65.1 Å². The Morgan fingerprint density at radius 1 is 0.968 bits per heavy atom. The lowest BCUT2D eigenvalue weighted by atomic mass is 10.2. The van der Waals surface area contributed by atoms with E-state index in [1.807, 2.05) is 42.5 Å². The maximum absolute atomic E-state index is 10.8. The molecule has 2 N–H and O–H groups in total. The monoisotopic (exact) mass is 523 g/mol. The zero-order valence-corrected chi connectivity index (χ0v) is 19.5. The summed E-state index contributed by atoms with van der Waals surface area (Å²) < 4.78 is 6.75. The van der Waals surface area contributed by atoms with E-state index in [1.54, 1.807) is 6.07 Å². The Hall–Kier alpha value is -2.32. The lowest BCUT2D eigenvalue weighted by Crippen LogP contribution is -2.21. The molecule has 0 aliphatic carbocycles. The number of nitrogens with one attached hydrogen (secondary N) is 2. The number of hydrogen-bond donors (Lipinski definition) is 2. The summed E-state index contributed by atoms with van der Waals surface area (Å²) in [5.41, 5.74) is 2.79. The van der Waals surface area contributed by atoms with Gasteiger partial charge in [0.15, 0.2) is 0 Å². The van der Waals surface area contributed by atoms with Crippen molar-refractivity contribution in [3.63, 3.8) is 0 Å². The first-order valence-corrected chi connectivity index (χ1v) is 11.0. The minimum absolute atomic E-state index is 0.0279. The SMILES string of the molecule is O=[N+]([O-])c1ccc(NCCNCc2ccc(OCc3ccc(Cl)cc3)c(Br)c2)c(Cl)c1. The molecule has 0 radical (unpaired) electrons. The van der Waals surface area contributed by atoms with Crippen molar-refractivity contribution in [1.82, 2.24) is 5.32 Å². The van der Waals surface area contributed by atoms with Gasteiger partial charge in [-0.25, -0.2) is 0 Å². The largest absolute Gasteiger partial charge is 0.488 e. The summed E-state index contributed by atoms with van der Waals surface area (Å²) in [4.78, 5) is 10.3. The first-order chi connectivity index (χ1) is 14.9. The van der Waals surface area contributed by atoms with Crippen LogP contribution in [0.2, 0.25) is 10.0 Å². The van der Waals surface area contributed by atoms with E-state index in [4.69, 9.17) is 27.9 Å². The average molecular weight is 525 g/mol. The number of nitro benzene ring substituents is 1. The van der Waals surface area contributed by atoms with Crippen LogP contribution >= 0.6 is 39.1 Å². The van der Waals surface area contributed by atoms with Crippen LogP contribution in [0.5, 0.6) is 5.75 Å². The van der Waals surface area contributed by atoms with Gasteiger partial charge in [0.1, 0.15) is 12.4 Å². The molecule has 3 aromatic carbocycles. The molecule has 162 valence electrons. The molecule has 3 aromatic rings. The number of nitro groups is 1. The number of halogens is 3. The zero-order chi connectivity index (χ0) is 22.2. The third-order valence-corrected chi connectivity index (χ3v) is 5.60. The maximum atomic E-state index is 10.8. The highest BCUT2D eigenvalue weighted by Crippen LogP contribution is 2.28. The second-order valence-electron chi connectivity index (χ2n) is 6.70. The second kappa shape index (κ2) is 11.3. The number of benzene rings is 3. The van der Waals surface area contributed by atoms with Gasteiger partial charge in [-0.3, -0.25) is 10.1 Å². The molecule has 9 heteroatoms. The molecule has 0 saturated carbocycles. The molecule has 0 spiro atoms. The number of nitrogens with zero attached hydrogens (tertiary/aromatic N) is 1. The second-order valence-corrected chi connectivity index (χ2v) is 8.40. The average Bonchev–Trinajstić information content (AvgIpc) is 2.75. The van der Waals surface area contributed by atoms with Gasteiger partial charge in [-0.15, -0.1) is 0 Å². The van der Waals surface area contributed by atoms with Crippen LogP contribution in [-0.2, 0) is 13.2 Å². The molecule has 6 nitrogen and oxygen atoms in total. The first kappa shape index (κ1) is 23.3. The fourth-order valence-corrected chi connectivity index (χ4v) is 3.70. The van der Waals surface area contributed by atoms with Crippen LogP contribution in [0.25, 0.3) is 0 Å². The first-order valence-electron chi connectivity index (χ1n) is 9.46. The van der Waals surface area contributed by atoms with E-state index in [-0.39, 0.29) is 5.69 Å². The van der Waals surface area contributed by atoms with Gasteiger partial charge >= 0.3 is 0 Å². The highest BCUT2D eigenvalue weighted by Gasteiger charge is 2.09. The zero-order valence-electron chi connectivity index (χ0n) is 16.4. The molecule has 3 rings (SSSR count). The van der Waals surface area contributed by atoms with E-state index in [9.17, 15) is 10.1 Å². The molecule has 0 saturated heterocycles. The van der Waals surface area contributed by atoms with Crippen LogP contribution in [0.1, 0.15) is 11.1 Å².